The monoisotopic (exact) mass is 670 g/mol. The average molecular weight is 668 g/mol. The van der Waals surface area contributed by atoms with E-state index in [2.05, 4.69) is 85.6 Å². The Labute approximate surface area is 213 Å². The summed E-state index contributed by atoms with van der Waals surface area (Å²) in [6, 6.07) is 8.68. The van der Waals surface area contributed by atoms with Crippen molar-refractivity contribution in [2.24, 2.45) is 0 Å². The van der Waals surface area contributed by atoms with E-state index in [1.165, 1.54) is 59.1 Å². The molecule has 0 unspecified atom stereocenters. The Morgan fingerprint density at radius 2 is 0.970 bits per heavy atom. The SMILES string of the molecule is CCCCc1c([O][Sn]([CH3])([CH3])[O][Sn]([CH3])([CH3])[O]c2ccc(C)c(C)c2CCCC)ccc(C)c1C. The maximum absolute atomic E-state index is 6.87. The minimum absolute atomic E-state index is 1.03. The van der Waals surface area contributed by atoms with E-state index in [1.54, 1.807) is 0 Å². The van der Waals surface area contributed by atoms with Crippen molar-refractivity contribution in [1.82, 2.24) is 0 Å². The quantitative estimate of drug-likeness (QED) is 0.213. The summed E-state index contributed by atoms with van der Waals surface area (Å²) in [5.41, 5.74) is 8.10. The van der Waals surface area contributed by atoms with E-state index in [4.69, 9.17) is 7.56 Å². The molecule has 33 heavy (non-hydrogen) atoms. The Morgan fingerprint density at radius 3 is 1.30 bits per heavy atom. The Morgan fingerprint density at radius 1 is 0.606 bits per heavy atom. The maximum atomic E-state index is 6.87. The zero-order valence-electron chi connectivity index (χ0n) is 22.8. The van der Waals surface area contributed by atoms with E-state index < -0.39 is 38.4 Å². The molecular formula is C28H46O3Sn2. The first kappa shape index (κ1) is 28.8. The molecule has 0 spiro atoms. The molecule has 0 aliphatic heterocycles. The van der Waals surface area contributed by atoms with Gasteiger partial charge in [0.1, 0.15) is 0 Å². The first-order valence-electron chi connectivity index (χ1n) is 12.7. The third-order valence-electron chi connectivity index (χ3n) is 6.42. The van der Waals surface area contributed by atoms with Crippen molar-refractivity contribution in [3.05, 3.63) is 57.6 Å². The first-order valence-corrected chi connectivity index (χ1v) is 28.7. The van der Waals surface area contributed by atoms with Crippen molar-refractivity contribution in [1.29, 1.82) is 0 Å². The van der Waals surface area contributed by atoms with E-state index in [1.807, 2.05) is 0 Å². The second-order valence-corrected chi connectivity index (χ2v) is 31.9. The van der Waals surface area contributed by atoms with Crippen molar-refractivity contribution >= 4 is 38.4 Å². The molecule has 3 nitrogen and oxygen atoms in total. The molecule has 0 atom stereocenters. The van der Waals surface area contributed by atoms with Crippen LogP contribution < -0.4 is 6.15 Å². The molecule has 0 amide bonds. The van der Waals surface area contributed by atoms with E-state index in [0.29, 0.717) is 0 Å². The molecule has 0 bridgehead atoms. The fourth-order valence-electron chi connectivity index (χ4n) is 4.38. The molecule has 2 aromatic carbocycles. The third kappa shape index (κ3) is 8.34. The van der Waals surface area contributed by atoms with Crippen molar-refractivity contribution in [3.63, 3.8) is 0 Å². The van der Waals surface area contributed by atoms with Gasteiger partial charge in [-0.1, -0.05) is 0 Å². The molecule has 0 heterocycles. The van der Waals surface area contributed by atoms with Gasteiger partial charge >= 0.3 is 215 Å². The fourth-order valence-corrected chi connectivity index (χ4v) is 36.4. The van der Waals surface area contributed by atoms with Gasteiger partial charge in [0.15, 0.2) is 0 Å². The molecule has 2 aromatic rings. The molecule has 0 aromatic heterocycles. The zero-order chi connectivity index (χ0) is 24.8. The fraction of sp³-hybridized carbons (Fsp3) is 0.571. The van der Waals surface area contributed by atoms with Crippen LogP contribution in [0.4, 0.5) is 0 Å². The third-order valence-corrected chi connectivity index (χ3v) is 32.1. The number of hydrogen-bond donors (Lipinski definition) is 0. The molecule has 5 heteroatoms. The van der Waals surface area contributed by atoms with Gasteiger partial charge in [-0.25, -0.2) is 0 Å². The van der Waals surface area contributed by atoms with Crippen LogP contribution in [0, 0.1) is 27.7 Å². The normalized spacial score (nSPS) is 12.2. The summed E-state index contributed by atoms with van der Waals surface area (Å²) in [6.45, 7) is 13.3. The molecule has 0 saturated heterocycles. The van der Waals surface area contributed by atoms with E-state index in [9.17, 15) is 0 Å². The standard InChI is InChI=1S/2C12H18O.4CH3.O.2Sn/c2*1-4-5-6-11-10(3)9(2)7-8-12(11)13;;;;;;;/h2*7-8,13H,4-6H2,1-3H3;4*1H3;;;/q;;;;;;;2*+1/p-2. The molecule has 0 N–H and O–H groups in total. The van der Waals surface area contributed by atoms with Gasteiger partial charge in [0, 0.05) is 0 Å². The minimum atomic E-state index is -3.31. The van der Waals surface area contributed by atoms with Crippen LogP contribution in [0.3, 0.4) is 0 Å². The number of unbranched alkanes of at least 4 members (excludes halogenated alkanes) is 2. The molecule has 0 fully saturated rings. The van der Waals surface area contributed by atoms with Gasteiger partial charge in [0.25, 0.3) is 0 Å². The Bertz CT molecular complexity index is 860. The second kappa shape index (κ2) is 12.5. The van der Waals surface area contributed by atoms with Crippen LogP contribution in [0.5, 0.6) is 11.5 Å². The number of rotatable bonds is 12. The molecule has 0 aliphatic carbocycles. The predicted molar refractivity (Wildman–Crippen MR) is 146 cm³/mol. The topological polar surface area (TPSA) is 27.7 Å². The van der Waals surface area contributed by atoms with Gasteiger partial charge in [-0.15, -0.1) is 0 Å². The molecule has 184 valence electrons. The van der Waals surface area contributed by atoms with E-state index in [0.717, 1.165) is 24.3 Å². The van der Waals surface area contributed by atoms with Gasteiger partial charge < -0.3 is 0 Å². The number of hydrogen-bond acceptors (Lipinski definition) is 3. The Kier molecular flexibility index (Phi) is 10.9. The summed E-state index contributed by atoms with van der Waals surface area (Å²) >= 11 is -6.61. The van der Waals surface area contributed by atoms with E-state index >= 15 is 0 Å². The molecule has 0 aliphatic rings. The van der Waals surface area contributed by atoms with Crippen molar-refractivity contribution in [2.75, 3.05) is 0 Å². The van der Waals surface area contributed by atoms with Gasteiger partial charge in [-0.3, -0.25) is 0 Å². The van der Waals surface area contributed by atoms with Crippen LogP contribution >= 0.6 is 0 Å². The van der Waals surface area contributed by atoms with Crippen LogP contribution in [-0.4, -0.2) is 38.4 Å². The van der Waals surface area contributed by atoms with Crippen LogP contribution in [0.25, 0.3) is 0 Å². The summed E-state index contributed by atoms with van der Waals surface area (Å²) in [7, 11) is 0. The Hall–Kier alpha value is -0.403. The van der Waals surface area contributed by atoms with Crippen LogP contribution in [-0.2, 0) is 14.3 Å². The van der Waals surface area contributed by atoms with Crippen molar-refractivity contribution < 1.29 is 7.56 Å². The number of benzene rings is 2. The summed E-state index contributed by atoms with van der Waals surface area (Å²) in [5, 5.41) is 0. The van der Waals surface area contributed by atoms with Gasteiger partial charge in [-0.2, -0.15) is 0 Å². The zero-order valence-corrected chi connectivity index (χ0v) is 28.5. The number of aryl methyl sites for hydroxylation is 2. The second-order valence-electron chi connectivity index (χ2n) is 10.3. The van der Waals surface area contributed by atoms with E-state index in [-0.39, 0.29) is 0 Å². The predicted octanol–water partition coefficient (Wildman–Crippen LogP) is 8.48. The molecular weight excluding hydrogens is 622 g/mol. The molecule has 2 rings (SSSR count). The summed E-state index contributed by atoms with van der Waals surface area (Å²) in [5.74, 6) is 2.06. The van der Waals surface area contributed by atoms with Crippen molar-refractivity contribution in [3.8, 4) is 11.5 Å². The van der Waals surface area contributed by atoms with Gasteiger partial charge in [0.05, 0.1) is 0 Å². The Balaban J connectivity index is 2.25. The first-order chi connectivity index (χ1) is 15.4. The molecule has 0 saturated carbocycles. The molecule has 0 radical (unpaired) electrons. The van der Waals surface area contributed by atoms with Gasteiger partial charge in [-0.05, 0) is 0 Å². The van der Waals surface area contributed by atoms with Crippen molar-refractivity contribution in [2.45, 2.75) is 99.8 Å². The average Bonchev–Trinajstić information content (AvgIpc) is 2.71. The van der Waals surface area contributed by atoms with Crippen LogP contribution in [0.1, 0.15) is 72.9 Å². The summed E-state index contributed by atoms with van der Waals surface area (Å²) < 4.78 is 20.3. The van der Waals surface area contributed by atoms with Gasteiger partial charge in [0.2, 0.25) is 0 Å². The van der Waals surface area contributed by atoms with Crippen LogP contribution in [0.15, 0.2) is 24.3 Å². The summed E-state index contributed by atoms with van der Waals surface area (Å²) in [6.07, 6.45) is 6.85. The summed E-state index contributed by atoms with van der Waals surface area (Å²) in [4.78, 5) is 8.92. The van der Waals surface area contributed by atoms with Crippen LogP contribution in [0.2, 0.25) is 19.8 Å².